The van der Waals surface area contributed by atoms with E-state index in [1.807, 2.05) is 7.05 Å². The number of hydrogen-bond acceptors (Lipinski definition) is 4. The molecule has 0 radical (unpaired) electrons. The monoisotopic (exact) mass is 258 g/mol. The normalized spacial score (nSPS) is 25.1. The number of rotatable bonds is 8. The third kappa shape index (κ3) is 4.55. The number of ether oxygens (including phenoxy) is 1. The van der Waals surface area contributed by atoms with Crippen LogP contribution in [0.2, 0.25) is 0 Å². The molecule has 3 N–H and O–H groups in total. The number of carbonyl (C=O) groups excluding carboxylic acids is 1. The Balaban J connectivity index is 2.34. The minimum atomic E-state index is -0.0913. The lowest BCUT2D eigenvalue weighted by Crippen LogP contribution is -2.43. The standard InChI is InChI=1S/C13H26N2O3/c1-3-4-10(5-6-16)7-15-13(17)11-8-18-9-12(11)14-2/h10-12,14,16H,3-9H2,1-2H3,(H,15,17). The summed E-state index contributed by atoms with van der Waals surface area (Å²) in [5.41, 5.74) is 0. The fourth-order valence-corrected chi connectivity index (χ4v) is 2.41. The van der Waals surface area contributed by atoms with Gasteiger partial charge in [-0.3, -0.25) is 4.79 Å². The Morgan fingerprint density at radius 3 is 2.83 bits per heavy atom. The van der Waals surface area contributed by atoms with Gasteiger partial charge in [0.25, 0.3) is 0 Å². The highest BCUT2D eigenvalue weighted by Gasteiger charge is 2.32. The molecular weight excluding hydrogens is 232 g/mol. The van der Waals surface area contributed by atoms with E-state index in [9.17, 15) is 4.79 Å². The van der Waals surface area contributed by atoms with Crippen LogP contribution >= 0.6 is 0 Å². The van der Waals surface area contributed by atoms with Crippen molar-refractivity contribution in [3.63, 3.8) is 0 Å². The Hall–Kier alpha value is -0.650. The summed E-state index contributed by atoms with van der Waals surface area (Å²) in [5.74, 6) is 0.344. The summed E-state index contributed by atoms with van der Waals surface area (Å²) in [5, 5.41) is 15.1. The number of carbonyl (C=O) groups is 1. The molecule has 0 spiro atoms. The number of aliphatic hydroxyl groups is 1. The predicted molar refractivity (Wildman–Crippen MR) is 70.3 cm³/mol. The van der Waals surface area contributed by atoms with Gasteiger partial charge in [-0.1, -0.05) is 13.3 Å². The van der Waals surface area contributed by atoms with E-state index in [1.54, 1.807) is 0 Å². The molecule has 3 unspecified atom stereocenters. The maximum absolute atomic E-state index is 12.0. The van der Waals surface area contributed by atoms with Gasteiger partial charge in [0.15, 0.2) is 0 Å². The topological polar surface area (TPSA) is 70.6 Å². The van der Waals surface area contributed by atoms with Crippen molar-refractivity contribution >= 4 is 5.91 Å². The number of amides is 1. The summed E-state index contributed by atoms with van der Waals surface area (Å²) in [7, 11) is 1.85. The molecule has 0 bridgehead atoms. The molecule has 1 amide bonds. The minimum Gasteiger partial charge on any atom is -0.396 e. The first kappa shape index (κ1) is 15.4. The molecule has 1 saturated heterocycles. The van der Waals surface area contributed by atoms with Crippen LogP contribution in [0.1, 0.15) is 26.2 Å². The first-order valence-corrected chi connectivity index (χ1v) is 6.86. The van der Waals surface area contributed by atoms with E-state index in [-0.39, 0.29) is 24.5 Å². The van der Waals surface area contributed by atoms with E-state index >= 15 is 0 Å². The quantitative estimate of drug-likeness (QED) is 0.579. The minimum absolute atomic E-state index is 0.0610. The van der Waals surface area contributed by atoms with E-state index in [2.05, 4.69) is 17.6 Å². The number of hydrogen-bond donors (Lipinski definition) is 3. The molecule has 0 aromatic heterocycles. The Kier molecular flexibility index (Phi) is 7.23. The third-order valence-corrected chi connectivity index (χ3v) is 3.59. The SMILES string of the molecule is CCCC(CCO)CNC(=O)C1COCC1NC. The molecule has 0 aliphatic carbocycles. The zero-order valence-corrected chi connectivity index (χ0v) is 11.4. The van der Waals surface area contributed by atoms with E-state index in [0.717, 1.165) is 19.3 Å². The molecule has 0 aromatic carbocycles. The van der Waals surface area contributed by atoms with Gasteiger partial charge in [-0.2, -0.15) is 0 Å². The second kappa shape index (κ2) is 8.45. The lowest BCUT2D eigenvalue weighted by Gasteiger charge is -2.20. The molecule has 3 atom stereocenters. The van der Waals surface area contributed by atoms with Crippen LogP contribution in [0.25, 0.3) is 0 Å². The van der Waals surface area contributed by atoms with Crippen molar-refractivity contribution < 1.29 is 14.6 Å². The van der Waals surface area contributed by atoms with Gasteiger partial charge in [0.05, 0.1) is 19.1 Å². The average Bonchev–Trinajstić information content (AvgIpc) is 2.84. The van der Waals surface area contributed by atoms with Crippen LogP contribution in [0.5, 0.6) is 0 Å². The molecule has 0 aromatic rings. The van der Waals surface area contributed by atoms with Crippen LogP contribution < -0.4 is 10.6 Å². The zero-order chi connectivity index (χ0) is 13.4. The maximum atomic E-state index is 12.0. The van der Waals surface area contributed by atoms with Crippen molar-refractivity contribution in [1.29, 1.82) is 0 Å². The fourth-order valence-electron chi connectivity index (χ4n) is 2.41. The highest BCUT2D eigenvalue weighted by atomic mass is 16.5. The molecule has 1 fully saturated rings. The summed E-state index contributed by atoms with van der Waals surface area (Å²) in [6.45, 7) is 4.06. The van der Waals surface area contributed by atoms with Crippen molar-refractivity contribution in [3.05, 3.63) is 0 Å². The van der Waals surface area contributed by atoms with Crippen LogP contribution in [-0.2, 0) is 9.53 Å². The Morgan fingerprint density at radius 1 is 1.44 bits per heavy atom. The van der Waals surface area contributed by atoms with E-state index in [1.165, 1.54) is 0 Å². The Labute approximate surface area is 109 Å². The zero-order valence-electron chi connectivity index (χ0n) is 11.4. The highest BCUT2D eigenvalue weighted by molar-refractivity contribution is 5.79. The summed E-state index contributed by atoms with van der Waals surface area (Å²) in [4.78, 5) is 12.0. The van der Waals surface area contributed by atoms with Crippen LogP contribution in [0.15, 0.2) is 0 Å². The van der Waals surface area contributed by atoms with Crippen molar-refractivity contribution in [3.8, 4) is 0 Å². The largest absolute Gasteiger partial charge is 0.396 e. The van der Waals surface area contributed by atoms with Gasteiger partial charge in [-0.25, -0.2) is 0 Å². The second-order valence-corrected chi connectivity index (χ2v) is 4.95. The molecule has 5 nitrogen and oxygen atoms in total. The van der Waals surface area contributed by atoms with E-state index in [4.69, 9.17) is 9.84 Å². The van der Waals surface area contributed by atoms with Crippen molar-refractivity contribution in [1.82, 2.24) is 10.6 Å². The summed E-state index contributed by atoms with van der Waals surface area (Å²) in [6.07, 6.45) is 2.87. The summed E-state index contributed by atoms with van der Waals surface area (Å²) >= 11 is 0. The molecular formula is C13H26N2O3. The second-order valence-electron chi connectivity index (χ2n) is 4.95. The van der Waals surface area contributed by atoms with Gasteiger partial charge in [0.1, 0.15) is 0 Å². The first-order valence-electron chi connectivity index (χ1n) is 6.86. The summed E-state index contributed by atoms with van der Waals surface area (Å²) < 4.78 is 5.32. The van der Waals surface area contributed by atoms with E-state index < -0.39 is 0 Å². The molecule has 0 saturated carbocycles. The summed E-state index contributed by atoms with van der Waals surface area (Å²) in [6, 6.07) is 0.118. The molecule has 18 heavy (non-hydrogen) atoms. The highest BCUT2D eigenvalue weighted by Crippen LogP contribution is 2.14. The molecule has 1 aliphatic rings. The molecule has 1 heterocycles. The fraction of sp³-hybridized carbons (Fsp3) is 0.923. The van der Waals surface area contributed by atoms with E-state index in [0.29, 0.717) is 25.7 Å². The Bertz CT molecular complexity index is 242. The van der Waals surface area contributed by atoms with Crippen LogP contribution in [-0.4, -0.2) is 50.5 Å². The van der Waals surface area contributed by atoms with Gasteiger partial charge in [0, 0.05) is 19.2 Å². The van der Waals surface area contributed by atoms with Gasteiger partial charge in [0.2, 0.25) is 5.91 Å². The molecule has 1 aliphatic heterocycles. The van der Waals surface area contributed by atoms with Crippen LogP contribution in [0.4, 0.5) is 0 Å². The lowest BCUT2D eigenvalue weighted by atomic mass is 9.99. The molecule has 106 valence electrons. The Morgan fingerprint density at radius 2 is 2.22 bits per heavy atom. The smallest absolute Gasteiger partial charge is 0.227 e. The van der Waals surface area contributed by atoms with Crippen LogP contribution in [0.3, 0.4) is 0 Å². The number of aliphatic hydroxyl groups excluding tert-OH is 1. The van der Waals surface area contributed by atoms with Gasteiger partial charge in [-0.05, 0) is 25.8 Å². The number of nitrogens with one attached hydrogen (secondary N) is 2. The third-order valence-electron chi connectivity index (χ3n) is 3.59. The van der Waals surface area contributed by atoms with Crippen molar-refractivity contribution in [2.75, 3.05) is 33.4 Å². The van der Waals surface area contributed by atoms with Crippen molar-refractivity contribution in [2.45, 2.75) is 32.2 Å². The number of likely N-dealkylation sites (N-methyl/N-ethyl adjacent to an activating group) is 1. The van der Waals surface area contributed by atoms with Crippen LogP contribution in [0, 0.1) is 11.8 Å². The molecule has 1 rings (SSSR count). The van der Waals surface area contributed by atoms with Gasteiger partial charge < -0.3 is 20.5 Å². The van der Waals surface area contributed by atoms with Crippen molar-refractivity contribution in [2.24, 2.45) is 11.8 Å². The maximum Gasteiger partial charge on any atom is 0.227 e. The van der Waals surface area contributed by atoms with Gasteiger partial charge in [-0.15, -0.1) is 0 Å². The first-order chi connectivity index (χ1) is 8.72. The lowest BCUT2D eigenvalue weighted by molar-refractivity contribution is -0.125. The van der Waals surface area contributed by atoms with Gasteiger partial charge >= 0.3 is 0 Å². The average molecular weight is 258 g/mol. The molecule has 5 heteroatoms. The predicted octanol–water partition coefficient (Wildman–Crippen LogP) is 0.136.